The van der Waals surface area contributed by atoms with Crippen molar-refractivity contribution in [2.45, 2.75) is 32.9 Å². The van der Waals surface area contributed by atoms with E-state index < -0.39 is 5.82 Å². The van der Waals surface area contributed by atoms with Gasteiger partial charge in [-0.1, -0.05) is 12.1 Å². The van der Waals surface area contributed by atoms with Gasteiger partial charge in [0, 0.05) is 12.1 Å². The number of nitrogens with zero attached hydrogens (tertiary/aromatic N) is 2. The van der Waals surface area contributed by atoms with Crippen LogP contribution in [0, 0.1) is 12.7 Å². The summed E-state index contributed by atoms with van der Waals surface area (Å²) < 4.78 is 22.2. The molecule has 0 bridgehead atoms. The molecule has 1 aromatic carbocycles. The van der Waals surface area contributed by atoms with Crippen LogP contribution in [-0.2, 0) is 19.0 Å². The van der Waals surface area contributed by atoms with Crippen molar-refractivity contribution < 1.29 is 9.13 Å². The molecule has 0 aliphatic rings. The van der Waals surface area contributed by atoms with E-state index in [1.54, 1.807) is 12.1 Å². The molecule has 0 spiro atoms. The fraction of sp³-hybridized carbons (Fsp3) is 0.357. The highest BCUT2D eigenvalue weighted by Gasteiger charge is 2.15. The third kappa shape index (κ3) is 2.99. The fourth-order valence-electron chi connectivity index (χ4n) is 1.97. The van der Waals surface area contributed by atoms with Gasteiger partial charge in [0.05, 0.1) is 21.7 Å². The van der Waals surface area contributed by atoms with Gasteiger partial charge in [0.15, 0.2) is 11.6 Å². The van der Waals surface area contributed by atoms with Gasteiger partial charge in [-0.3, -0.25) is 4.68 Å². The van der Waals surface area contributed by atoms with Gasteiger partial charge in [-0.25, -0.2) is 4.39 Å². The molecule has 0 amide bonds. The number of hydrogen-bond donors (Lipinski definition) is 0. The fourth-order valence-corrected chi connectivity index (χ4v) is 2.58. The van der Waals surface area contributed by atoms with E-state index in [9.17, 15) is 4.39 Å². The monoisotopic (exact) mass is 360 g/mol. The molecule has 2 rings (SSSR count). The Morgan fingerprint density at radius 2 is 2.20 bits per heavy atom. The van der Waals surface area contributed by atoms with Crippen LogP contribution in [0.3, 0.4) is 0 Å². The first-order valence-corrected chi connectivity index (χ1v) is 7.59. The van der Waals surface area contributed by atoms with Crippen molar-refractivity contribution >= 4 is 27.5 Å². The van der Waals surface area contributed by atoms with Gasteiger partial charge in [-0.05, 0) is 35.8 Å². The Morgan fingerprint density at radius 3 is 2.85 bits per heavy atom. The second-order valence-electron chi connectivity index (χ2n) is 4.31. The molecule has 0 atom stereocenters. The van der Waals surface area contributed by atoms with Crippen molar-refractivity contribution in [1.82, 2.24) is 9.78 Å². The molecule has 0 saturated carbocycles. The molecule has 0 fully saturated rings. The number of benzene rings is 1. The maximum Gasteiger partial charge on any atom is 0.165 e. The van der Waals surface area contributed by atoms with Gasteiger partial charge >= 0.3 is 0 Å². The number of rotatable bonds is 5. The van der Waals surface area contributed by atoms with Crippen LogP contribution >= 0.6 is 27.5 Å². The maximum absolute atomic E-state index is 13.8. The highest BCUT2D eigenvalue weighted by molar-refractivity contribution is 9.10. The van der Waals surface area contributed by atoms with Crippen molar-refractivity contribution in [2.75, 3.05) is 0 Å². The topological polar surface area (TPSA) is 27.1 Å². The van der Waals surface area contributed by atoms with Crippen LogP contribution in [0.1, 0.15) is 23.9 Å². The smallest absolute Gasteiger partial charge is 0.165 e. The van der Waals surface area contributed by atoms with Crippen molar-refractivity contribution in [1.29, 1.82) is 0 Å². The largest absolute Gasteiger partial charge is 0.484 e. The molecule has 20 heavy (non-hydrogen) atoms. The molecule has 108 valence electrons. The highest BCUT2D eigenvalue weighted by Crippen LogP contribution is 2.27. The van der Waals surface area contributed by atoms with Crippen molar-refractivity contribution in [3.8, 4) is 5.75 Å². The Hall–Kier alpha value is -1.07. The Morgan fingerprint density at radius 1 is 1.45 bits per heavy atom. The van der Waals surface area contributed by atoms with Gasteiger partial charge in [0.2, 0.25) is 0 Å². The van der Waals surface area contributed by atoms with Crippen LogP contribution in [0.2, 0.25) is 0 Å². The zero-order valence-corrected chi connectivity index (χ0v) is 13.6. The summed E-state index contributed by atoms with van der Waals surface area (Å²) in [5.41, 5.74) is 2.41. The number of aryl methyl sites for hydroxylation is 2. The Labute approximate surface area is 130 Å². The Kier molecular flexibility index (Phi) is 5.05. The van der Waals surface area contributed by atoms with Crippen LogP contribution < -0.4 is 4.74 Å². The zero-order valence-electron chi connectivity index (χ0n) is 11.3. The molecule has 1 heterocycles. The normalized spacial score (nSPS) is 10.8. The van der Waals surface area contributed by atoms with Crippen LogP contribution in [0.4, 0.5) is 4.39 Å². The zero-order chi connectivity index (χ0) is 14.7. The SMILES string of the molecule is CCn1nc(C)c(Br)c1COc1c(F)cccc1CCl. The number of alkyl halides is 1. The molecule has 3 nitrogen and oxygen atoms in total. The first-order chi connectivity index (χ1) is 9.58. The standard InChI is InChI=1S/C14H15BrClFN2O/c1-3-19-12(13(15)9(2)18-19)8-20-14-10(7-16)5-4-6-11(14)17/h4-6H,3,7-8H2,1-2H3. The molecule has 0 aliphatic carbocycles. The lowest BCUT2D eigenvalue weighted by molar-refractivity contribution is 0.275. The summed E-state index contributed by atoms with van der Waals surface area (Å²) in [7, 11) is 0. The van der Waals surface area contributed by atoms with E-state index in [1.807, 2.05) is 18.5 Å². The molecule has 0 N–H and O–H groups in total. The minimum atomic E-state index is -0.404. The van der Waals surface area contributed by atoms with Gasteiger partial charge < -0.3 is 4.74 Å². The van der Waals surface area contributed by atoms with E-state index in [1.165, 1.54) is 6.07 Å². The van der Waals surface area contributed by atoms with E-state index in [4.69, 9.17) is 16.3 Å². The maximum atomic E-state index is 13.8. The van der Waals surface area contributed by atoms with Gasteiger partial charge in [0.25, 0.3) is 0 Å². The quantitative estimate of drug-likeness (QED) is 0.737. The Bertz CT molecular complexity index is 615. The van der Waals surface area contributed by atoms with E-state index in [0.29, 0.717) is 5.56 Å². The van der Waals surface area contributed by atoms with Crippen LogP contribution in [0.25, 0.3) is 0 Å². The lowest BCUT2D eigenvalue weighted by Gasteiger charge is -2.12. The third-order valence-electron chi connectivity index (χ3n) is 3.00. The number of hydrogen-bond acceptors (Lipinski definition) is 2. The second-order valence-corrected chi connectivity index (χ2v) is 5.37. The summed E-state index contributed by atoms with van der Waals surface area (Å²) in [5, 5.41) is 4.38. The van der Waals surface area contributed by atoms with Gasteiger partial charge in [-0.15, -0.1) is 11.6 Å². The van der Waals surface area contributed by atoms with Crippen molar-refractivity contribution in [3.63, 3.8) is 0 Å². The summed E-state index contributed by atoms with van der Waals surface area (Å²) in [4.78, 5) is 0. The van der Waals surface area contributed by atoms with E-state index >= 15 is 0 Å². The second kappa shape index (κ2) is 6.59. The van der Waals surface area contributed by atoms with Crippen LogP contribution in [-0.4, -0.2) is 9.78 Å². The lowest BCUT2D eigenvalue weighted by Crippen LogP contribution is -2.08. The average Bonchev–Trinajstić information content (AvgIpc) is 2.72. The number of halogens is 3. The summed E-state index contributed by atoms with van der Waals surface area (Å²) in [5.74, 6) is 0.00909. The first-order valence-electron chi connectivity index (χ1n) is 6.26. The molecular weight excluding hydrogens is 347 g/mol. The van der Waals surface area contributed by atoms with E-state index in [0.717, 1.165) is 22.4 Å². The van der Waals surface area contributed by atoms with E-state index in [-0.39, 0.29) is 18.2 Å². The minimum absolute atomic E-state index is 0.205. The molecule has 0 saturated heterocycles. The van der Waals surface area contributed by atoms with E-state index in [2.05, 4.69) is 21.0 Å². The van der Waals surface area contributed by atoms with Crippen molar-refractivity contribution in [3.05, 3.63) is 45.4 Å². The molecule has 6 heteroatoms. The van der Waals surface area contributed by atoms with Crippen molar-refractivity contribution in [2.24, 2.45) is 0 Å². The third-order valence-corrected chi connectivity index (χ3v) is 4.32. The predicted molar refractivity (Wildman–Crippen MR) is 80.6 cm³/mol. The van der Waals surface area contributed by atoms with Gasteiger partial charge in [0.1, 0.15) is 6.61 Å². The Balaban J connectivity index is 2.25. The minimum Gasteiger partial charge on any atom is -0.484 e. The molecular formula is C14H15BrClFN2O. The molecule has 0 radical (unpaired) electrons. The molecule has 2 aromatic rings. The lowest BCUT2D eigenvalue weighted by atomic mass is 10.2. The molecule has 1 aromatic heterocycles. The average molecular weight is 362 g/mol. The predicted octanol–water partition coefficient (Wildman–Crippen LogP) is 4.43. The highest BCUT2D eigenvalue weighted by atomic mass is 79.9. The van der Waals surface area contributed by atoms with Crippen LogP contribution in [0.15, 0.2) is 22.7 Å². The number of para-hydroxylation sites is 1. The first kappa shape index (κ1) is 15.3. The van der Waals surface area contributed by atoms with Gasteiger partial charge in [-0.2, -0.15) is 5.10 Å². The molecule has 0 unspecified atom stereocenters. The summed E-state index contributed by atoms with van der Waals surface area (Å²) in [6.07, 6.45) is 0. The molecule has 0 aliphatic heterocycles. The number of ether oxygens (including phenoxy) is 1. The summed E-state index contributed by atoms with van der Waals surface area (Å²) >= 11 is 9.29. The summed E-state index contributed by atoms with van der Waals surface area (Å²) in [6.45, 7) is 4.87. The number of aromatic nitrogens is 2. The summed E-state index contributed by atoms with van der Waals surface area (Å²) in [6, 6.07) is 4.74. The van der Waals surface area contributed by atoms with Crippen LogP contribution in [0.5, 0.6) is 5.75 Å².